The average Bonchev–Trinajstić information content (AvgIpc) is 2.95. The number of aryl methyl sites for hydroxylation is 2. The summed E-state index contributed by atoms with van der Waals surface area (Å²) in [7, 11) is 1.95. The Bertz CT molecular complexity index is 774. The van der Waals surface area contributed by atoms with Crippen LogP contribution in [0.15, 0.2) is 35.8 Å². The number of thiazole rings is 1. The van der Waals surface area contributed by atoms with Crippen molar-refractivity contribution in [3.05, 3.63) is 41.5 Å². The number of urea groups is 1. The van der Waals surface area contributed by atoms with E-state index in [-0.39, 0.29) is 6.03 Å². The van der Waals surface area contributed by atoms with E-state index in [4.69, 9.17) is 0 Å². The highest BCUT2D eigenvalue weighted by atomic mass is 32.1. The molecule has 0 saturated heterocycles. The highest BCUT2D eigenvalue weighted by Gasteiger charge is 2.10. The summed E-state index contributed by atoms with van der Waals surface area (Å²) in [5, 5.41) is 9.10. The van der Waals surface area contributed by atoms with Crippen molar-refractivity contribution in [1.82, 2.24) is 9.55 Å². The molecule has 0 unspecified atom stereocenters. The van der Waals surface area contributed by atoms with Gasteiger partial charge in [0.1, 0.15) is 0 Å². The number of nitrogens with zero attached hydrogens (tertiary/aromatic N) is 2. The zero-order valence-corrected chi connectivity index (χ0v) is 12.0. The highest BCUT2D eigenvalue weighted by Crippen LogP contribution is 2.25. The summed E-state index contributed by atoms with van der Waals surface area (Å²) in [5.41, 5.74) is 2.76. The Balaban J connectivity index is 1.81. The molecule has 0 saturated carbocycles. The molecule has 2 aromatic heterocycles. The molecule has 3 rings (SSSR count). The van der Waals surface area contributed by atoms with E-state index in [1.165, 1.54) is 11.3 Å². The second kappa shape index (κ2) is 4.97. The smallest absolute Gasteiger partial charge is 0.325 e. The topological polar surface area (TPSA) is 59.0 Å². The molecular formula is C14H14N4OS. The van der Waals surface area contributed by atoms with Crippen LogP contribution < -0.4 is 10.6 Å². The van der Waals surface area contributed by atoms with Crippen molar-refractivity contribution in [1.29, 1.82) is 0 Å². The number of rotatable bonds is 2. The lowest BCUT2D eigenvalue weighted by Gasteiger charge is -2.03. The van der Waals surface area contributed by atoms with Crippen molar-refractivity contribution >= 4 is 39.1 Å². The van der Waals surface area contributed by atoms with Crippen molar-refractivity contribution in [2.24, 2.45) is 7.05 Å². The van der Waals surface area contributed by atoms with Gasteiger partial charge in [-0.1, -0.05) is 18.2 Å². The Labute approximate surface area is 120 Å². The fourth-order valence-corrected chi connectivity index (χ4v) is 2.79. The Morgan fingerprint density at radius 2 is 2.10 bits per heavy atom. The van der Waals surface area contributed by atoms with E-state index in [2.05, 4.69) is 15.6 Å². The summed E-state index contributed by atoms with van der Waals surface area (Å²) in [5.74, 6) is 0. The lowest BCUT2D eigenvalue weighted by molar-refractivity contribution is 0.262. The molecule has 20 heavy (non-hydrogen) atoms. The third-order valence-corrected chi connectivity index (χ3v) is 3.86. The van der Waals surface area contributed by atoms with Gasteiger partial charge in [0.15, 0.2) is 5.13 Å². The van der Waals surface area contributed by atoms with Gasteiger partial charge in [-0.05, 0) is 13.0 Å². The number of carbonyl (C=O) groups excluding carboxylic acids is 1. The minimum atomic E-state index is -0.282. The van der Waals surface area contributed by atoms with Gasteiger partial charge in [-0.2, -0.15) is 0 Å². The number of anilines is 2. The van der Waals surface area contributed by atoms with Crippen molar-refractivity contribution in [3.8, 4) is 0 Å². The molecule has 2 heterocycles. The number of fused-ring (bicyclic) bond motifs is 1. The molecule has 3 aromatic rings. The molecule has 2 amide bonds. The van der Waals surface area contributed by atoms with Crippen LogP contribution in [-0.2, 0) is 7.05 Å². The lowest BCUT2D eigenvalue weighted by atomic mass is 10.2. The van der Waals surface area contributed by atoms with E-state index in [1.807, 2.05) is 54.4 Å². The minimum absolute atomic E-state index is 0.282. The first-order valence-corrected chi connectivity index (χ1v) is 7.05. The van der Waals surface area contributed by atoms with E-state index in [9.17, 15) is 4.79 Å². The summed E-state index contributed by atoms with van der Waals surface area (Å²) < 4.78 is 1.98. The summed E-state index contributed by atoms with van der Waals surface area (Å²) in [4.78, 5) is 16.2. The van der Waals surface area contributed by atoms with Gasteiger partial charge < -0.3 is 9.88 Å². The fourth-order valence-electron chi connectivity index (χ4n) is 2.10. The van der Waals surface area contributed by atoms with E-state index >= 15 is 0 Å². The standard InChI is InChI=1S/C14H14N4OS/c1-9-8-20-14(15-9)17-13(19)16-11-7-18(2)12-6-4-3-5-10(11)12/h3-8H,1-2H3,(H2,15,16,17,19). The third kappa shape index (κ3) is 2.37. The van der Waals surface area contributed by atoms with Crippen LogP contribution in [0.4, 0.5) is 15.6 Å². The molecule has 0 aliphatic carbocycles. The Morgan fingerprint density at radius 1 is 1.30 bits per heavy atom. The van der Waals surface area contributed by atoms with Crippen molar-refractivity contribution in [2.75, 3.05) is 10.6 Å². The van der Waals surface area contributed by atoms with Crippen LogP contribution in [0, 0.1) is 6.92 Å². The molecule has 2 N–H and O–H groups in total. The average molecular weight is 286 g/mol. The molecule has 0 fully saturated rings. The molecule has 0 aliphatic heterocycles. The van der Waals surface area contributed by atoms with Crippen molar-refractivity contribution in [2.45, 2.75) is 6.92 Å². The van der Waals surface area contributed by atoms with Crippen LogP contribution >= 0.6 is 11.3 Å². The normalized spacial score (nSPS) is 10.7. The molecule has 0 radical (unpaired) electrons. The Hall–Kier alpha value is -2.34. The number of para-hydroxylation sites is 1. The number of nitrogens with one attached hydrogen (secondary N) is 2. The van der Waals surface area contributed by atoms with Crippen molar-refractivity contribution < 1.29 is 4.79 Å². The van der Waals surface area contributed by atoms with Crippen LogP contribution in [0.5, 0.6) is 0 Å². The van der Waals surface area contributed by atoms with Gasteiger partial charge >= 0.3 is 6.03 Å². The van der Waals surface area contributed by atoms with Crippen molar-refractivity contribution in [3.63, 3.8) is 0 Å². The van der Waals surface area contributed by atoms with Gasteiger partial charge in [-0.3, -0.25) is 5.32 Å². The number of hydrogen-bond donors (Lipinski definition) is 2. The maximum Gasteiger partial charge on any atom is 0.325 e. The number of benzene rings is 1. The first-order chi connectivity index (χ1) is 9.63. The molecule has 0 bridgehead atoms. The molecule has 6 heteroatoms. The van der Waals surface area contributed by atoms with E-state index in [0.29, 0.717) is 5.13 Å². The second-order valence-electron chi connectivity index (χ2n) is 4.54. The zero-order chi connectivity index (χ0) is 14.1. The molecule has 0 aliphatic rings. The molecule has 1 aromatic carbocycles. The zero-order valence-electron chi connectivity index (χ0n) is 11.2. The van der Waals surface area contributed by atoms with Gasteiger partial charge in [0.05, 0.1) is 11.4 Å². The van der Waals surface area contributed by atoms with Gasteiger partial charge in [-0.15, -0.1) is 11.3 Å². The molecule has 0 spiro atoms. The number of hydrogen-bond acceptors (Lipinski definition) is 3. The first-order valence-electron chi connectivity index (χ1n) is 6.17. The quantitative estimate of drug-likeness (QED) is 0.756. The summed E-state index contributed by atoms with van der Waals surface area (Å²) >= 11 is 1.41. The third-order valence-electron chi connectivity index (χ3n) is 2.98. The van der Waals surface area contributed by atoms with Crippen LogP contribution in [0.3, 0.4) is 0 Å². The van der Waals surface area contributed by atoms with Gasteiger partial charge in [0, 0.05) is 29.5 Å². The number of aromatic nitrogens is 2. The van der Waals surface area contributed by atoms with Crippen LogP contribution in [0.1, 0.15) is 5.69 Å². The monoisotopic (exact) mass is 286 g/mol. The Morgan fingerprint density at radius 3 is 2.85 bits per heavy atom. The second-order valence-corrected chi connectivity index (χ2v) is 5.40. The van der Waals surface area contributed by atoms with E-state index < -0.39 is 0 Å². The van der Waals surface area contributed by atoms with E-state index in [0.717, 1.165) is 22.3 Å². The molecule has 102 valence electrons. The molecule has 5 nitrogen and oxygen atoms in total. The largest absolute Gasteiger partial charge is 0.348 e. The van der Waals surface area contributed by atoms with Crippen LogP contribution in [0.25, 0.3) is 10.9 Å². The molecule has 0 atom stereocenters. The van der Waals surface area contributed by atoms with Gasteiger partial charge in [-0.25, -0.2) is 9.78 Å². The number of carbonyl (C=O) groups is 1. The van der Waals surface area contributed by atoms with Gasteiger partial charge in [0.25, 0.3) is 0 Å². The Kier molecular flexibility index (Phi) is 3.15. The highest BCUT2D eigenvalue weighted by molar-refractivity contribution is 7.13. The first kappa shape index (κ1) is 12.7. The minimum Gasteiger partial charge on any atom is -0.348 e. The fraction of sp³-hybridized carbons (Fsp3) is 0.143. The van der Waals surface area contributed by atoms with Crippen LogP contribution in [-0.4, -0.2) is 15.6 Å². The van der Waals surface area contributed by atoms with Crippen LogP contribution in [0.2, 0.25) is 0 Å². The summed E-state index contributed by atoms with van der Waals surface area (Å²) in [6.07, 6.45) is 1.90. The maximum atomic E-state index is 12.0. The SMILES string of the molecule is Cc1csc(NC(=O)Nc2cn(C)c3ccccc23)n1. The molecular weight excluding hydrogens is 272 g/mol. The maximum absolute atomic E-state index is 12.0. The predicted molar refractivity (Wildman–Crippen MR) is 82.4 cm³/mol. The van der Waals surface area contributed by atoms with E-state index in [1.54, 1.807) is 0 Å². The van der Waals surface area contributed by atoms with Gasteiger partial charge in [0.2, 0.25) is 0 Å². The summed E-state index contributed by atoms with van der Waals surface area (Å²) in [6.45, 7) is 1.89. The summed E-state index contributed by atoms with van der Waals surface area (Å²) in [6, 6.07) is 7.65. The number of amides is 2. The predicted octanol–water partition coefficient (Wildman–Crippen LogP) is 3.59. The lowest BCUT2D eigenvalue weighted by Crippen LogP contribution is -2.19.